The zero-order chi connectivity index (χ0) is 20.3. The van der Waals surface area contributed by atoms with Crippen LogP contribution in [0.1, 0.15) is 32.3 Å². The van der Waals surface area contributed by atoms with Crippen LogP contribution in [-0.4, -0.2) is 35.0 Å². The van der Waals surface area contributed by atoms with Crippen molar-refractivity contribution < 1.29 is 19.1 Å². The molecule has 0 spiro atoms. The molecule has 1 saturated heterocycles. The van der Waals surface area contributed by atoms with Crippen LogP contribution in [0.15, 0.2) is 23.6 Å². The zero-order valence-electron chi connectivity index (χ0n) is 15.9. The number of thiazole rings is 1. The average Bonchev–Trinajstić information content (AvgIpc) is 3.19. The largest absolute Gasteiger partial charge is 0.493 e. The Morgan fingerprint density at radius 3 is 2.82 bits per heavy atom. The highest BCUT2D eigenvalue weighted by Gasteiger charge is 2.41. The number of anilines is 1. The maximum Gasteiger partial charge on any atom is 0.322 e. The number of aromatic nitrogens is 1. The molecule has 3 N–H and O–H groups in total. The molecule has 1 aliphatic heterocycles. The van der Waals surface area contributed by atoms with Crippen molar-refractivity contribution >= 4 is 34.3 Å². The highest BCUT2D eigenvalue weighted by Crippen LogP contribution is 2.33. The number of hydrogen-bond donors (Lipinski definition) is 3. The Bertz CT molecular complexity index is 926. The summed E-state index contributed by atoms with van der Waals surface area (Å²) in [6.45, 7) is 6.05. The van der Waals surface area contributed by atoms with Crippen LogP contribution < -0.4 is 20.7 Å². The van der Waals surface area contributed by atoms with Gasteiger partial charge in [0, 0.05) is 17.4 Å². The monoisotopic (exact) mass is 402 g/mol. The summed E-state index contributed by atoms with van der Waals surface area (Å²) in [5.74, 6) is 0.0438. The fourth-order valence-corrected chi connectivity index (χ4v) is 3.61. The van der Waals surface area contributed by atoms with E-state index in [0.717, 1.165) is 22.6 Å². The van der Waals surface area contributed by atoms with Crippen molar-refractivity contribution in [3.63, 3.8) is 0 Å². The number of aryl methyl sites for hydroxylation is 1. The Hall–Kier alpha value is -2.94. The van der Waals surface area contributed by atoms with Crippen molar-refractivity contribution in [3.8, 4) is 17.0 Å². The van der Waals surface area contributed by atoms with Gasteiger partial charge in [0.1, 0.15) is 11.3 Å². The molecule has 1 aliphatic rings. The zero-order valence-corrected chi connectivity index (χ0v) is 16.7. The van der Waals surface area contributed by atoms with Crippen molar-refractivity contribution in [2.75, 3.05) is 11.9 Å². The van der Waals surface area contributed by atoms with E-state index < -0.39 is 17.5 Å². The number of urea groups is 1. The predicted molar refractivity (Wildman–Crippen MR) is 106 cm³/mol. The molecule has 0 aliphatic carbocycles. The van der Waals surface area contributed by atoms with Crippen LogP contribution in [0.2, 0.25) is 0 Å². The standard InChI is InChI=1S/C19H22N4O4S/c1-4-27-14-6-5-11(2)9-12(14)13-10-28-18(20-13)21-15(24)7-8-19(3)16(25)22-17(26)23-19/h5-6,9-10H,4,7-8H2,1-3H3,(H,20,21,24)(H2,22,23,25,26)/t19-/m0/s1. The first-order valence-corrected chi connectivity index (χ1v) is 9.81. The lowest BCUT2D eigenvalue weighted by Gasteiger charge is -2.19. The maximum absolute atomic E-state index is 12.3. The number of nitrogens with zero attached hydrogens (tertiary/aromatic N) is 1. The number of amides is 4. The summed E-state index contributed by atoms with van der Waals surface area (Å²) in [5.41, 5.74) is 1.61. The van der Waals surface area contributed by atoms with Crippen molar-refractivity contribution in [2.24, 2.45) is 0 Å². The van der Waals surface area contributed by atoms with E-state index in [-0.39, 0.29) is 18.7 Å². The Balaban J connectivity index is 1.65. The van der Waals surface area contributed by atoms with Crippen molar-refractivity contribution in [2.45, 2.75) is 39.2 Å². The number of hydrogen-bond acceptors (Lipinski definition) is 6. The quantitative estimate of drug-likeness (QED) is 0.617. The molecule has 1 fully saturated rings. The van der Waals surface area contributed by atoms with Gasteiger partial charge in [0.15, 0.2) is 5.13 Å². The van der Waals surface area contributed by atoms with Crippen LogP contribution in [-0.2, 0) is 9.59 Å². The minimum atomic E-state index is -1.07. The number of imide groups is 1. The second-order valence-electron chi connectivity index (χ2n) is 6.76. The van der Waals surface area contributed by atoms with Gasteiger partial charge in [-0.15, -0.1) is 11.3 Å². The Labute approximate surface area is 166 Å². The number of benzene rings is 1. The molecule has 2 heterocycles. The lowest BCUT2D eigenvalue weighted by atomic mass is 9.96. The number of ether oxygens (including phenoxy) is 1. The van der Waals surface area contributed by atoms with E-state index in [1.807, 2.05) is 37.4 Å². The lowest BCUT2D eigenvalue weighted by Crippen LogP contribution is -2.44. The Morgan fingerprint density at radius 1 is 1.36 bits per heavy atom. The lowest BCUT2D eigenvalue weighted by molar-refractivity contribution is -0.124. The highest BCUT2D eigenvalue weighted by atomic mass is 32.1. The van der Waals surface area contributed by atoms with Gasteiger partial charge in [-0.2, -0.15) is 0 Å². The molecule has 0 saturated carbocycles. The van der Waals surface area contributed by atoms with Crippen LogP contribution in [0.4, 0.5) is 9.93 Å². The van der Waals surface area contributed by atoms with Gasteiger partial charge in [0.05, 0.1) is 12.3 Å². The van der Waals surface area contributed by atoms with Gasteiger partial charge >= 0.3 is 6.03 Å². The van der Waals surface area contributed by atoms with E-state index in [9.17, 15) is 14.4 Å². The second-order valence-corrected chi connectivity index (χ2v) is 7.62. The smallest absolute Gasteiger partial charge is 0.322 e. The number of nitrogens with one attached hydrogen (secondary N) is 3. The van der Waals surface area contributed by atoms with Crippen molar-refractivity contribution in [1.29, 1.82) is 0 Å². The number of carbonyl (C=O) groups is 3. The molecule has 0 radical (unpaired) electrons. The molecule has 28 heavy (non-hydrogen) atoms. The molecule has 148 valence electrons. The van der Waals surface area contributed by atoms with Gasteiger partial charge < -0.3 is 15.4 Å². The Morgan fingerprint density at radius 2 is 2.14 bits per heavy atom. The molecule has 1 aromatic carbocycles. The predicted octanol–water partition coefficient (Wildman–Crippen LogP) is 2.83. The van der Waals surface area contributed by atoms with Gasteiger partial charge in [-0.25, -0.2) is 9.78 Å². The SMILES string of the molecule is CCOc1ccc(C)cc1-c1csc(NC(=O)CC[C@]2(C)NC(=O)NC2=O)n1. The second kappa shape index (κ2) is 7.97. The number of rotatable bonds is 7. The average molecular weight is 402 g/mol. The summed E-state index contributed by atoms with van der Waals surface area (Å²) in [6, 6.07) is 5.34. The van der Waals surface area contributed by atoms with Crippen LogP contribution in [0.25, 0.3) is 11.3 Å². The van der Waals surface area contributed by atoms with Crippen LogP contribution >= 0.6 is 11.3 Å². The van der Waals surface area contributed by atoms with E-state index in [4.69, 9.17) is 4.74 Å². The van der Waals surface area contributed by atoms with Gasteiger partial charge in [-0.05, 0) is 39.3 Å². The van der Waals surface area contributed by atoms with Crippen LogP contribution in [0.3, 0.4) is 0 Å². The molecule has 3 rings (SSSR count). The molecule has 0 unspecified atom stereocenters. The number of carbonyl (C=O) groups excluding carboxylic acids is 3. The molecule has 4 amide bonds. The fourth-order valence-electron chi connectivity index (χ4n) is 2.88. The third kappa shape index (κ3) is 4.30. The first-order chi connectivity index (χ1) is 13.3. The first-order valence-electron chi connectivity index (χ1n) is 8.93. The molecule has 9 heteroatoms. The van der Waals surface area contributed by atoms with Gasteiger partial charge in [-0.3, -0.25) is 14.9 Å². The molecule has 1 aromatic heterocycles. The topological polar surface area (TPSA) is 109 Å². The molecule has 0 bridgehead atoms. The van der Waals surface area contributed by atoms with E-state index in [0.29, 0.717) is 11.7 Å². The summed E-state index contributed by atoms with van der Waals surface area (Å²) in [4.78, 5) is 39.8. The Kier molecular flexibility index (Phi) is 5.64. The third-order valence-corrected chi connectivity index (χ3v) is 5.19. The minimum absolute atomic E-state index is 0.0771. The first kappa shape index (κ1) is 19.8. The highest BCUT2D eigenvalue weighted by molar-refractivity contribution is 7.14. The van der Waals surface area contributed by atoms with E-state index in [1.54, 1.807) is 6.92 Å². The summed E-state index contributed by atoms with van der Waals surface area (Å²) in [7, 11) is 0. The van der Waals surface area contributed by atoms with Gasteiger partial charge in [0.25, 0.3) is 5.91 Å². The molecular weight excluding hydrogens is 380 g/mol. The molecule has 8 nitrogen and oxygen atoms in total. The van der Waals surface area contributed by atoms with E-state index in [1.165, 1.54) is 11.3 Å². The van der Waals surface area contributed by atoms with Crippen LogP contribution in [0, 0.1) is 6.92 Å². The van der Waals surface area contributed by atoms with Gasteiger partial charge in [0.2, 0.25) is 5.91 Å². The van der Waals surface area contributed by atoms with E-state index >= 15 is 0 Å². The minimum Gasteiger partial charge on any atom is -0.493 e. The van der Waals surface area contributed by atoms with Gasteiger partial charge in [-0.1, -0.05) is 11.6 Å². The molecular formula is C19H22N4O4S. The van der Waals surface area contributed by atoms with Crippen molar-refractivity contribution in [3.05, 3.63) is 29.1 Å². The molecule has 2 aromatic rings. The summed E-state index contributed by atoms with van der Waals surface area (Å²) < 4.78 is 5.67. The third-order valence-electron chi connectivity index (χ3n) is 4.43. The summed E-state index contributed by atoms with van der Waals surface area (Å²) >= 11 is 1.32. The summed E-state index contributed by atoms with van der Waals surface area (Å²) in [5, 5.41) is 9.80. The van der Waals surface area contributed by atoms with Crippen LogP contribution in [0.5, 0.6) is 5.75 Å². The normalized spacial score (nSPS) is 18.5. The molecule has 1 atom stereocenters. The van der Waals surface area contributed by atoms with Crippen molar-refractivity contribution in [1.82, 2.24) is 15.6 Å². The summed E-state index contributed by atoms with van der Waals surface area (Å²) in [6.07, 6.45) is 0.273. The maximum atomic E-state index is 12.3. The fraction of sp³-hybridized carbons (Fsp3) is 0.368. The van der Waals surface area contributed by atoms with E-state index in [2.05, 4.69) is 20.9 Å².